The van der Waals surface area contributed by atoms with Gasteiger partial charge in [-0.05, 0) is 257 Å². The van der Waals surface area contributed by atoms with Crippen LogP contribution in [0.25, 0.3) is 32.7 Å². The highest BCUT2D eigenvalue weighted by Crippen LogP contribution is 3.45. The Kier molecular flexibility index (Phi) is 53.3. The first-order chi connectivity index (χ1) is 55.5. The molecular formula is C57H112N6O8P46S2. The van der Waals surface area contributed by atoms with Crippen molar-refractivity contribution in [3.8, 4) is 0 Å². The van der Waals surface area contributed by atoms with Gasteiger partial charge in [0.2, 0.25) is 0 Å². The first-order valence-electron chi connectivity index (χ1n) is 35.1. The Morgan fingerprint density at radius 2 is 0.655 bits per heavy atom. The Balaban J connectivity index is 0.000000207. The molecule has 119 heavy (non-hydrogen) atoms. The van der Waals surface area contributed by atoms with E-state index in [9.17, 15) is 26.4 Å². The first-order valence-corrected chi connectivity index (χ1v) is 121. The number of hydrogen-bond acceptors (Lipinski definition) is 9. The molecule has 6 heterocycles. The topological polar surface area (TPSA) is 165 Å². The van der Waals surface area contributed by atoms with Crippen LogP contribution in [0.1, 0.15) is 86.4 Å². The summed E-state index contributed by atoms with van der Waals surface area (Å²) in [5.74, 6) is 0. The molecule has 24 unspecified atom stereocenters. The van der Waals surface area contributed by atoms with E-state index in [1.807, 2.05) is 128 Å². The molecule has 3 aliphatic rings. The fourth-order valence-corrected chi connectivity index (χ4v) is 665. The minimum Gasteiger partial charge on any atom is -0.444 e. The van der Waals surface area contributed by atoms with E-state index in [0.717, 1.165) is 74.8 Å². The lowest BCUT2D eigenvalue weighted by molar-refractivity contribution is 0.0214. The first kappa shape index (κ1) is 117. The van der Waals surface area contributed by atoms with Gasteiger partial charge in [0.15, 0.2) is 0 Å². The molecule has 3 aromatic heterocycles. The molecule has 3 aliphatic heterocycles. The van der Waals surface area contributed by atoms with Crippen molar-refractivity contribution < 1.29 is 35.9 Å². The number of H-pyrrole nitrogens is 1. The number of nitrogens with one attached hydrogen (secondary N) is 2. The maximum Gasteiger partial charge on any atom is 0.410 e. The van der Waals surface area contributed by atoms with Crippen LogP contribution >= 0.6 is 368 Å². The molecule has 5 aromatic carbocycles. The maximum atomic E-state index is 13.6. The van der Waals surface area contributed by atoms with Gasteiger partial charge in [-0.15, -0.1) is 214 Å². The van der Waals surface area contributed by atoms with Gasteiger partial charge in [0.05, 0.1) is 33.9 Å². The number of para-hydroxylation sites is 3. The summed E-state index contributed by atoms with van der Waals surface area (Å²) in [6.07, 6.45) is 1.40. The van der Waals surface area contributed by atoms with Crippen LogP contribution in [0, 0.1) is 13.8 Å². The number of hydrogen-bond donors (Lipinski definition) is 2. The second-order valence-corrected chi connectivity index (χ2v) is 220. The van der Waals surface area contributed by atoms with Gasteiger partial charge in [-0.1, -0.05) is 90.0 Å². The smallest absolute Gasteiger partial charge is 0.410 e. The van der Waals surface area contributed by atoms with E-state index in [2.05, 4.69) is 237 Å². The van der Waals surface area contributed by atoms with Crippen LogP contribution in [0.4, 0.5) is 9.59 Å². The highest BCUT2D eigenvalue weighted by molar-refractivity contribution is 9.51. The number of benzene rings is 5. The number of ether oxygens (including phenoxy) is 2. The van der Waals surface area contributed by atoms with Crippen LogP contribution in [0.15, 0.2) is 131 Å². The molecule has 0 fully saturated rings. The molecule has 0 bridgehead atoms. The molecular weight excluding hydrogens is 2390 g/mol. The molecule has 0 saturated heterocycles. The number of aromatic amines is 1. The van der Waals surface area contributed by atoms with Crippen molar-refractivity contribution in [2.45, 2.75) is 115 Å². The van der Waals surface area contributed by atoms with Crippen molar-refractivity contribution >= 4 is 433 Å². The van der Waals surface area contributed by atoms with Gasteiger partial charge in [0.1, 0.15) is 11.2 Å². The van der Waals surface area contributed by atoms with Crippen molar-refractivity contribution in [1.82, 2.24) is 28.0 Å². The Hall–Kier alpha value is 12.9. The lowest BCUT2D eigenvalue weighted by Gasteiger charge is -2.57. The van der Waals surface area contributed by atoms with Crippen molar-refractivity contribution in [3.05, 3.63) is 166 Å². The lowest BCUT2D eigenvalue weighted by atomic mass is 10.1. The molecule has 14 nitrogen and oxygen atoms in total. The summed E-state index contributed by atoms with van der Waals surface area (Å²) in [5.41, 5.74) is 9.62. The van der Waals surface area contributed by atoms with E-state index < -0.39 is 31.2 Å². The number of aromatic nitrogens is 3. The van der Waals surface area contributed by atoms with Gasteiger partial charge in [-0.25, -0.2) is 34.4 Å². The molecule has 0 aliphatic carbocycles. The summed E-state index contributed by atoms with van der Waals surface area (Å²) < 4.78 is 67.6. The van der Waals surface area contributed by atoms with E-state index >= 15 is 0 Å². The zero-order chi connectivity index (χ0) is 88.7. The predicted molar refractivity (Wildman–Crippen MR) is 671 cm³/mol. The number of fused-ring (bicyclic) bond motifs is 9. The molecule has 0 saturated carbocycles. The summed E-state index contributed by atoms with van der Waals surface area (Å²) in [4.78, 5) is 32.2. The summed E-state index contributed by atoms with van der Waals surface area (Å²) in [6, 6.07) is 37.4. The van der Waals surface area contributed by atoms with Gasteiger partial charge in [0.25, 0.3) is 20.0 Å². The minimum absolute atomic E-state index is 0.0983. The van der Waals surface area contributed by atoms with Crippen molar-refractivity contribution in [3.63, 3.8) is 0 Å². The molecule has 8 aromatic rings. The quantitative estimate of drug-likeness (QED) is 0.0530. The Labute approximate surface area is 789 Å². The summed E-state index contributed by atoms with van der Waals surface area (Å²) in [5, 5.41) is 6.40. The van der Waals surface area contributed by atoms with Crippen molar-refractivity contribution in [2.75, 3.05) is 19.6 Å². The Morgan fingerprint density at radius 3 is 1.00 bits per heavy atom. The average molecular weight is 2500 g/mol. The molecule has 11 rings (SSSR count). The van der Waals surface area contributed by atoms with E-state index in [1.165, 1.54) is 20.6 Å². The van der Waals surface area contributed by atoms with E-state index in [4.69, 9.17) is 9.47 Å². The maximum absolute atomic E-state index is 13.6. The Bertz CT molecular complexity index is 4730. The molecule has 0 radical (unpaired) electrons. The zero-order valence-corrected chi connectivity index (χ0v) is 116. The summed E-state index contributed by atoms with van der Waals surface area (Å²) >= 11 is 0. The van der Waals surface area contributed by atoms with Crippen LogP contribution in [0.5, 0.6) is 0 Å². The number of carbonyl (C=O) groups is 2. The Morgan fingerprint density at radius 1 is 0.361 bits per heavy atom. The SMILES string of the molecule is CC(C)(C)OC(=O)N1CCc2[nH]c3ccccc3c2C1.Cc1ccc(S(=O)(=O)n2c3c(c4ccccc42)CN(C(=O)OC(C)(C)C)CC3)cc1.Cc1ccc(S(=O)(=O)n2c3c(c4ccccc42)CNCC3)cc1.PP(P)P(P(P)P)P(P(P(P)P)P(P)P)P(P(P(P(P)P)P(P)P)P(P(P)P)P(P)P)P(P(P(P)P)P(P)P)P(P(P)P)P(P)P. The number of nitrogens with zero attached hydrogens (tertiary/aromatic N) is 4. The standard InChI is InChI=1S/C23H26N2O4S.C18H18N2O2S.C16H20N2O2.H48P46/c1-16-9-11-17(12-10-16)30(27,28)25-20-8-6-5-7-18(20)19-15-24(14-13-21(19)25)22(26)29-23(2,3)4;1-13-6-8-14(9-7-13)23(21,22)20-17-5-3-2-4-15(17)16-12-19-11-10-18(16)20;1-16(2,3)20-15(19)18-9-8-14-12(10-18)11-6-4-5-7-13(11)17-14;1-25(2)37(26(3)4)43(38(27(5)6)28(7)8)46(44(39(29(9)10)30(11)12)40(31(13)14)32(15)16)45(41(33(17)18)34(19)20)42(35(21)22)36(23)24/h5-12H,13-15H2,1-4H3;2-9,19H,10-12H2,1H3;4-7,17H,8-10H2,1-3H3;1-24H2. The third kappa shape index (κ3) is 32.0. The molecule has 660 valence electrons. The minimum atomic E-state index is -3.77. The third-order valence-corrected chi connectivity index (χ3v) is 334. The van der Waals surface area contributed by atoms with E-state index in [0.29, 0.717) is 49.6 Å². The number of amides is 2. The van der Waals surface area contributed by atoms with Crippen LogP contribution < -0.4 is 5.32 Å². The fourth-order valence-electron chi connectivity index (χ4n) is 12.5. The van der Waals surface area contributed by atoms with Gasteiger partial charge in [0, 0.05) is 95.3 Å². The second kappa shape index (κ2) is 54.2. The molecule has 0 spiro atoms. The van der Waals surface area contributed by atoms with Gasteiger partial charge >= 0.3 is 12.2 Å². The predicted octanol–water partition coefficient (Wildman–Crippen LogP) is 37.5. The van der Waals surface area contributed by atoms with Crippen LogP contribution in [-0.2, 0) is 68.4 Å². The highest BCUT2D eigenvalue weighted by atomic mass is 33.6. The fraction of sp³-hybridized carbons (Fsp3) is 0.333. The van der Waals surface area contributed by atoms with Crippen LogP contribution in [0.3, 0.4) is 0 Å². The molecule has 2 amide bonds. The van der Waals surface area contributed by atoms with Gasteiger partial charge in [-0.2, -0.15) is 0 Å². The van der Waals surface area contributed by atoms with Crippen molar-refractivity contribution in [2.24, 2.45) is 0 Å². The highest BCUT2D eigenvalue weighted by Gasteiger charge is 2.58. The molecule has 2 N–H and O–H groups in total. The summed E-state index contributed by atoms with van der Waals surface area (Å²) in [7, 11) is 75.4. The van der Waals surface area contributed by atoms with Gasteiger partial charge < -0.3 is 29.6 Å². The molecule has 62 heteroatoms. The van der Waals surface area contributed by atoms with Crippen molar-refractivity contribution in [1.29, 1.82) is 0 Å². The van der Waals surface area contributed by atoms with Crippen LogP contribution in [-0.4, -0.2) is 82.6 Å². The molecule has 24 atom stereocenters. The largest absolute Gasteiger partial charge is 0.444 e. The van der Waals surface area contributed by atoms with E-state index in [-0.39, 0.29) is 171 Å². The third-order valence-electron chi connectivity index (χ3n) is 17.1. The van der Waals surface area contributed by atoms with Gasteiger partial charge in [-0.3, -0.25) is 0 Å². The van der Waals surface area contributed by atoms with E-state index in [1.54, 1.807) is 50.2 Å². The second-order valence-electron chi connectivity index (χ2n) is 28.2. The number of aryl methyl sites for hydroxylation is 2. The normalized spacial score (nSPS) is 14.7. The number of rotatable bonds is 25. The average Bonchev–Trinajstić information content (AvgIpc) is 1.64. The lowest BCUT2D eigenvalue weighted by Crippen LogP contribution is -2.40. The number of carbonyl (C=O) groups excluding carboxylic acids is 2. The van der Waals surface area contributed by atoms with Crippen LogP contribution in [0.2, 0.25) is 0 Å². The summed E-state index contributed by atoms with van der Waals surface area (Å²) in [6.45, 7) is 15.5. The monoisotopic (exact) mass is 2500 g/mol. The zero-order valence-electron chi connectivity index (χ0n) is 66.5.